The van der Waals surface area contributed by atoms with Crippen LogP contribution in [-0.4, -0.2) is 54.0 Å². The highest BCUT2D eigenvalue weighted by Gasteiger charge is 2.32. The first kappa shape index (κ1) is 14.5. The maximum atomic E-state index is 5.89. The van der Waals surface area contributed by atoms with E-state index in [1.807, 2.05) is 20.8 Å². The zero-order valence-corrected chi connectivity index (χ0v) is 10.7. The standard InChI is InChI=1S/C9H12B5N3/c1-7(2,3)5-15-16-6(9(12,13)14)17(5)8(4,10)11/h1-4H3. The van der Waals surface area contributed by atoms with Crippen molar-refractivity contribution in [2.75, 3.05) is 0 Å². The number of aromatic nitrogens is 3. The highest BCUT2D eigenvalue weighted by atomic mass is 15.3. The van der Waals surface area contributed by atoms with Gasteiger partial charge in [0.1, 0.15) is 11.6 Å². The lowest BCUT2D eigenvalue weighted by Gasteiger charge is -2.34. The van der Waals surface area contributed by atoms with Crippen molar-refractivity contribution in [1.82, 2.24) is 14.8 Å². The number of hydrogen-bond donors (Lipinski definition) is 0. The molecule has 0 unspecified atom stereocenters. The van der Waals surface area contributed by atoms with Crippen LogP contribution < -0.4 is 0 Å². The lowest BCUT2D eigenvalue weighted by atomic mass is 9.42. The van der Waals surface area contributed by atoms with E-state index < -0.39 is 10.5 Å². The lowest BCUT2D eigenvalue weighted by molar-refractivity contribution is 0.475. The third kappa shape index (κ3) is 3.02. The molecule has 0 N–H and O–H groups in total. The fraction of sp³-hybridized carbons (Fsp3) is 0.778. The van der Waals surface area contributed by atoms with Gasteiger partial charge >= 0.3 is 0 Å². The van der Waals surface area contributed by atoms with Crippen LogP contribution >= 0.6 is 0 Å². The van der Waals surface area contributed by atoms with Gasteiger partial charge in [-0.2, -0.15) is 0 Å². The monoisotopic (exact) mass is 217 g/mol. The van der Waals surface area contributed by atoms with Gasteiger partial charge in [0.15, 0.2) is 0 Å². The van der Waals surface area contributed by atoms with E-state index >= 15 is 0 Å². The van der Waals surface area contributed by atoms with Gasteiger partial charge in [-0.3, -0.25) is 0 Å². The predicted octanol–water partition coefficient (Wildman–Crippen LogP) is -0.841. The molecule has 0 aliphatic heterocycles. The Kier molecular flexibility index (Phi) is 3.41. The van der Waals surface area contributed by atoms with Crippen molar-refractivity contribution in [2.24, 2.45) is 0 Å². The topological polar surface area (TPSA) is 30.7 Å². The Morgan fingerprint density at radius 2 is 1.24 bits per heavy atom. The highest BCUT2D eigenvalue weighted by Crippen LogP contribution is 2.27. The Morgan fingerprint density at radius 1 is 0.824 bits per heavy atom. The summed E-state index contributed by atoms with van der Waals surface area (Å²) >= 11 is 0. The van der Waals surface area contributed by atoms with Crippen LogP contribution in [0.3, 0.4) is 0 Å². The van der Waals surface area contributed by atoms with E-state index in [4.69, 9.17) is 39.2 Å². The van der Waals surface area contributed by atoms with E-state index in [1.54, 1.807) is 6.92 Å². The molecule has 17 heavy (non-hydrogen) atoms. The molecule has 0 aromatic carbocycles. The molecule has 0 saturated carbocycles. The van der Waals surface area contributed by atoms with Gasteiger partial charge in [-0.25, -0.2) is 0 Å². The summed E-state index contributed by atoms with van der Waals surface area (Å²) < 4.78 is 1.48. The Bertz CT molecular complexity index is 376. The molecule has 0 atom stereocenters. The van der Waals surface area contributed by atoms with Gasteiger partial charge in [0, 0.05) is 5.41 Å². The normalized spacial score (nSPS) is 13.9. The second kappa shape index (κ2) is 3.99. The van der Waals surface area contributed by atoms with Crippen LogP contribution in [0.4, 0.5) is 0 Å². The number of hydrogen-bond acceptors (Lipinski definition) is 2. The second-order valence-electron chi connectivity index (χ2n) is 5.59. The van der Waals surface area contributed by atoms with Gasteiger partial charge in [0.05, 0.1) is 39.2 Å². The first-order valence-corrected chi connectivity index (χ1v) is 5.26. The van der Waals surface area contributed by atoms with Crippen molar-refractivity contribution in [3.8, 4) is 0 Å². The smallest absolute Gasteiger partial charge is 0.137 e. The first-order valence-electron chi connectivity index (χ1n) is 5.26. The van der Waals surface area contributed by atoms with Gasteiger partial charge < -0.3 is 4.57 Å². The SMILES string of the molecule is [B]C([B])([B])c1nnc(C(C)(C)C)n1C([B])([B])C. The van der Waals surface area contributed by atoms with Crippen LogP contribution in [0, 0.1) is 0 Å². The fourth-order valence-electron chi connectivity index (χ4n) is 1.51. The van der Waals surface area contributed by atoms with Crippen molar-refractivity contribution in [3.63, 3.8) is 0 Å². The van der Waals surface area contributed by atoms with E-state index in [0.29, 0.717) is 5.82 Å². The summed E-state index contributed by atoms with van der Waals surface area (Å²) in [6.45, 7) is 7.46. The summed E-state index contributed by atoms with van der Waals surface area (Å²) in [6, 6.07) is 0. The van der Waals surface area contributed by atoms with Crippen LogP contribution in [0.5, 0.6) is 0 Å². The second-order valence-corrected chi connectivity index (χ2v) is 5.59. The summed E-state index contributed by atoms with van der Waals surface area (Å²) in [5, 5.41) is 5.06. The molecule has 0 spiro atoms. The molecule has 1 heterocycles. The van der Waals surface area contributed by atoms with Crippen molar-refractivity contribution >= 4 is 39.2 Å². The number of rotatable bonds is 2. The molecule has 1 aromatic rings. The van der Waals surface area contributed by atoms with Crippen LogP contribution in [0.15, 0.2) is 0 Å². The molecule has 0 aliphatic rings. The quantitative estimate of drug-likeness (QED) is 0.603. The van der Waals surface area contributed by atoms with E-state index in [0.717, 1.165) is 0 Å². The summed E-state index contributed by atoms with van der Waals surface area (Å²) in [6.07, 6.45) is 0. The van der Waals surface area contributed by atoms with E-state index in [1.165, 1.54) is 4.57 Å². The zero-order valence-electron chi connectivity index (χ0n) is 10.7. The maximum absolute atomic E-state index is 5.89. The zero-order chi connectivity index (χ0) is 13.6. The summed E-state index contributed by atoms with van der Waals surface area (Å²) in [5.41, 5.74) is -0.309. The minimum absolute atomic E-state index is 0.148. The van der Waals surface area contributed by atoms with Gasteiger partial charge in [-0.1, -0.05) is 32.8 Å². The van der Waals surface area contributed by atoms with Crippen molar-refractivity contribution in [1.29, 1.82) is 0 Å². The summed E-state index contributed by atoms with van der Waals surface area (Å²) in [5.74, 6) is 0.723. The van der Waals surface area contributed by atoms with Crippen LogP contribution in [-0.2, 0) is 15.9 Å². The molecule has 0 amide bonds. The van der Waals surface area contributed by atoms with E-state index in [9.17, 15) is 0 Å². The predicted molar refractivity (Wildman–Crippen MR) is 72.8 cm³/mol. The van der Waals surface area contributed by atoms with Gasteiger partial charge in [0.2, 0.25) is 0 Å². The minimum atomic E-state index is -1.64. The number of nitrogens with zero attached hydrogens (tertiary/aromatic N) is 3. The molecule has 0 bridgehead atoms. The summed E-state index contributed by atoms with van der Waals surface area (Å²) in [7, 11) is 28.7. The molecule has 3 nitrogen and oxygen atoms in total. The average molecular weight is 216 g/mol. The largest absolute Gasteiger partial charge is 0.328 e. The molecule has 0 saturated heterocycles. The Hall–Kier alpha value is -0.535. The fourth-order valence-corrected chi connectivity index (χ4v) is 1.51. The third-order valence-electron chi connectivity index (χ3n) is 2.20. The van der Waals surface area contributed by atoms with Gasteiger partial charge in [-0.15, -0.1) is 10.2 Å². The molecule has 8 heteroatoms. The molecule has 1 rings (SSSR count). The Labute approximate surface area is 110 Å². The lowest BCUT2D eigenvalue weighted by Crippen LogP contribution is -2.42. The van der Waals surface area contributed by atoms with Crippen LogP contribution in [0.1, 0.15) is 39.3 Å². The molecule has 0 fully saturated rings. The minimum Gasteiger partial charge on any atom is -0.328 e. The first-order chi connectivity index (χ1) is 7.35. The molecular formula is C9H12B5N3. The van der Waals surface area contributed by atoms with Crippen LogP contribution in [0.2, 0.25) is 0 Å². The Balaban J connectivity index is 3.53. The van der Waals surface area contributed by atoms with Crippen molar-refractivity contribution in [2.45, 2.75) is 43.6 Å². The third-order valence-corrected chi connectivity index (χ3v) is 2.20. The maximum Gasteiger partial charge on any atom is 0.137 e. The highest BCUT2D eigenvalue weighted by molar-refractivity contribution is 6.58. The van der Waals surface area contributed by atoms with Gasteiger partial charge in [-0.05, 0) is 5.34 Å². The molecule has 0 aliphatic carbocycles. The van der Waals surface area contributed by atoms with Crippen molar-refractivity contribution in [3.05, 3.63) is 11.6 Å². The van der Waals surface area contributed by atoms with E-state index in [-0.39, 0.29) is 11.2 Å². The van der Waals surface area contributed by atoms with Crippen molar-refractivity contribution < 1.29 is 0 Å². The molecule has 10 radical (unpaired) electrons. The molecule has 78 valence electrons. The van der Waals surface area contributed by atoms with Crippen LogP contribution in [0.25, 0.3) is 0 Å². The average Bonchev–Trinajstić information content (AvgIpc) is 2.42. The molecule has 1 aromatic heterocycles. The Morgan fingerprint density at radius 3 is 1.53 bits per heavy atom. The molecular weight excluding hydrogens is 204 g/mol. The van der Waals surface area contributed by atoms with Gasteiger partial charge in [0.25, 0.3) is 0 Å². The van der Waals surface area contributed by atoms with E-state index in [2.05, 4.69) is 10.2 Å². The summed E-state index contributed by atoms with van der Waals surface area (Å²) in [4.78, 5) is 0.